The fourth-order valence-electron chi connectivity index (χ4n) is 2.51. The van der Waals surface area contributed by atoms with E-state index in [2.05, 4.69) is 4.74 Å². The van der Waals surface area contributed by atoms with Gasteiger partial charge in [-0.2, -0.15) is 8.78 Å². The molecule has 1 aromatic heterocycles. The molecule has 0 aliphatic carbocycles. The average Bonchev–Trinajstić information content (AvgIpc) is 3.06. The van der Waals surface area contributed by atoms with Crippen molar-refractivity contribution in [2.75, 3.05) is 27.7 Å². The highest BCUT2D eigenvalue weighted by atomic mass is 32.2. The van der Waals surface area contributed by atoms with Crippen LogP contribution in [0.3, 0.4) is 0 Å². The largest absolute Gasteiger partial charge is 0.490 e. The van der Waals surface area contributed by atoms with Gasteiger partial charge < -0.3 is 13.9 Å². The van der Waals surface area contributed by atoms with Gasteiger partial charge in [0.15, 0.2) is 11.5 Å². The molecular formula is C18H24F2N2O5S. The van der Waals surface area contributed by atoms with E-state index in [1.54, 1.807) is 25.1 Å². The van der Waals surface area contributed by atoms with Gasteiger partial charge in [0.25, 0.3) is 10.0 Å². The van der Waals surface area contributed by atoms with Crippen molar-refractivity contribution in [2.45, 2.75) is 31.7 Å². The summed E-state index contributed by atoms with van der Waals surface area (Å²) in [5, 5.41) is -0.118. The summed E-state index contributed by atoms with van der Waals surface area (Å²) < 4.78 is 65.5. The zero-order chi connectivity index (χ0) is 20.9. The number of rotatable bonds is 10. The van der Waals surface area contributed by atoms with E-state index in [1.807, 2.05) is 11.9 Å². The molecule has 0 saturated carbocycles. The number of halogens is 2. The number of ether oxygens (including phenoxy) is 2. The number of hydrogen-bond acceptors (Lipinski definition) is 6. The first kappa shape index (κ1) is 22.1. The fourth-order valence-corrected chi connectivity index (χ4v) is 3.32. The molecule has 1 aromatic carbocycles. The SMILES string of the molecule is CCOc1cc(CN(C)Cc2ccc(S(=O)(=O)N(C)C)o2)ccc1OC(F)F. The zero-order valence-corrected chi connectivity index (χ0v) is 17.0. The minimum absolute atomic E-state index is 0.0205. The molecule has 0 saturated heterocycles. The highest BCUT2D eigenvalue weighted by Crippen LogP contribution is 2.30. The number of furan rings is 1. The number of sulfonamides is 1. The first-order valence-electron chi connectivity index (χ1n) is 8.53. The van der Waals surface area contributed by atoms with Crippen LogP contribution in [0.5, 0.6) is 11.5 Å². The Morgan fingerprint density at radius 2 is 1.79 bits per heavy atom. The molecule has 0 fully saturated rings. The van der Waals surface area contributed by atoms with Crippen LogP contribution in [0.2, 0.25) is 0 Å². The predicted molar refractivity (Wildman–Crippen MR) is 99.0 cm³/mol. The standard InChI is InChI=1S/C18H24F2N2O5S/c1-5-25-16-10-13(6-8-15(16)27-18(19)20)11-22(4)12-14-7-9-17(26-14)28(23,24)21(2)3/h6-10,18H,5,11-12H2,1-4H3. The van der Waals surface area contributed by atoms with Crippen molar-refractivity contribution in [3.05, 3.63) is 41.7 Å². The smallest absolute Gasteiger partial charge is 0.387 e. The average molecular weight is 418 g/mol. The highest BCUT2D eigenvalue weighted by molar-refractivity contribution is 7.88. The minimum Gasteiger partial charge on any atom is -0.490 e. The molecular weight excluding hydrogens is 394 g/mol. The van der Waals surface area contributed by atoms with Gasteiger partial charge in [-0.3, -0.25) is 4.90 Å². The van der Waals surface area contributed by atoms with Crippen LogP contribution in [-0.2, 0) is 23.1 Å². The van der Waals surface area contributed by atoms with Crippen LogP contribution >= 0.6 is 0 Å². The number of nitrogens with zero attached hydrogens (tertiary/aromatic N) is 2. The molecule has 10 heteroatoms. The summed E-state index contributed by atoms with van der Waals surface area (Å²) in [6, 6.07) is 7.78. The Morgan fingerprint density at radius 1 is 1.07 bits per heavy atom. The van der Waals surface area contributed by atoms with Crippen LogP contribution in [0.1, 0.15) is 18.2 Å². The van der Waals surface area contributed by atoms with Crippen LogP contribution in [0.25, 0.3) is 0 Å². The summed E-state index contributed by atoms with van der Waals surface area (Å²) in [4.78, 5) is 1.89. The maximum absolute atomic E-state index is 12.5. The Kier molecular flexibility index (Phi) is 7.39. The van der Waals surface area contributed by atoms with E-state index in [4.69, 9.17) is 9.15 Å². The van der Waals surface area contributed by atoms with Crippen molar-refractivity contribution in [1.82, 2.24) is 9.21 Å². The van der Waals surface area contributed by atoms with E-state index < -0.39 is 16.6 Å². The van der Waals surface area contributed by atoms with Crippen molar-refractivity contribution in [1.29, 1.82) is 0 Å². The number of alkyl halides is 2. The van der Waals surface area contributed by atoms with Gasteiger partial charge >= 0.3 is 6.61 Å². The molecule has 0 bridgehead atoms. The second-order valence-electron chi connectivity index (χ2n) is 6.27. The molecule has 0 unspecified atom stereocenters. The summed E-state index contributed by atoms with van der Waals surface area (Å²) in [5.41, 5.74) is 0.820. The Labute approximate surface area is 163 Å². The van der Waals surface area contributed by atoms with Crippen LogP contribution in [-0.4, -0.2) is 52.0 Å². The number of hydrogen-bond donors (Lipinski definition) is 0. The highest BCUT2D eigenvalue weighted by Gasteiger charge is 2.22. The van der Waals surface area contributed by atoms with Crippen LogP contribution < -0.4 is 9.47 Å². The molecule has 7 nitrogen and oxygen atoms in total. The normalized spacial score (nSPS) is 12.2. The molecule has 28 heavy (non-hydrogen) atoms. The molecule has 0 radical (unpaired) electrons. The summed E-state index contributed by atoms with van der Waals surface area (Å²) >= 11 is 0. The van der Waals surface area contributed by atoms with E-state index in [-0.39, 0.29) is 16.6 Å². The maximum atomic E-state index is 12.5. The monoisotopic (exact) mass is 418 g/mol. The second kappa shape index (κ2) is 9.35. The molecule has 0 spiro atoms. The molecule has 0 aliphatic rings. The zero-order valence-electron chi connectivity index (χ0n) is 16.2. The summed E-state index contributed by atoms with van der Waals surface area (Å²) in [5.74, 6) is 0.712. The molecule has 156 valence electrons. The van der Waals surface area contributed by atoms with Crippen LogP contribution in [0.4, 0.5) is 8.78 Å². The van der Waals surface area contributed by atoms with Crippen molar-refractivity contribution < 1.29 is 31.1 Å². The van der Waals surface area contributed by atoms with Gasteiger partial charge in [0, 0.05) is 20.6 Å². The third-order valence-corrected chi connectivity index (χ3v) is 5.46. The van der Waals surface area contributed by atoms with Crippen molar-refractivity contribution in [2.24, 2.45) is 0 Å². The lowest BCUT2D eigenvalue weighted by Gasteiger charge is -2.17. The molecule has 0 aliphatic heterocycles. The second-order valence-corrected chi connectivity index (χ2v) is 8.36. The quantitative estimate of drug-likeness (QED) is 0.590. The van der Waals surface area contributed by atoms with Gasteiger partial charge in [-0.25, -0.2) is 12.7 Å². The van der Waals surface area contributed by atoms with Crippen LogP contribution in [0.15, 0.2) is 39.8 Å². The van der Waals surface area contributed by atoms with Crippen molar-refractivity contribution in [3.8, 4) is 11.5 Å². The Morgan fingerprint density at radius 3 is 2.39 bits per heavy atom. The van der Waals surface area contributed by atoms with Gasteiger partial charge in [-0.1, -0.05) is 6.07 Å². The predicted octanol–water partition coefficient (Wildman–Crippen LogP) is 3.16. The van der Waals surface area contributed by atoms with Gasteiger partial charge in [-0.15, -0.1) is 0 Å². The lowest BCUT2D eigenvalue weighted by Crippen LogP contribution is -2.21. The molecule has 0 amide bonds. The van der Waals surface area contributed by atoms with E-state index in [0.717, 1.165) is 9.87 Å². The van der Waals surface area contributed by atoms with E-state index in [0.29, 0.717) is 25.5 Å². The van der Waals surface area contributed by atoms with Crippen molar-refractivity contribution in [3.63, 3.8) is 0 Å². The molecule has 0 atom stereocenters. The Bertz CT molecular complexity index is 884. The summed E-state index contributed by atoms with van der Waals surface area (Å²) in [6.07, 6.45) is 0. The topological polar surface area (TPSA) is 72.2 Å². The Hall–Kier alpha value is -2.17. The van der Waals surface area contributed by atoms with Crippen LogP contribution in [0, 0.1) is 0 Å². The minimum atomic E-state index is -3.62. The summed E-state index contributed by atoms with van der Waals surface area (Å²) in [6.45, 7) is -0.0390. The third kappa shape index (κ3) is 5.66. The third-order valence-electron chi connectivity index (χ3n) is 3.77. The molecule has 2 rings (SSSR count). The molecule has 2 aromatic rings. The lowest BCUT2D eigenvalue weighted by atomic mass is 10.2. The molecule has 0 N–H and O–H groups in total. The lowest BCUT2D eigenvalue weighted by molar-refractivity contribution is -0.0514. The van der Waals surface area contributed by atoms with Gasteiger partial charge in [0.2, 0.25) is 5.09 Å². The Balaban J connectivity index is 2.08. The van der Waals surface area contributed by atoms with Gasteiger partial charge in [0.05, 0.1) is 13.2 Å². The summed E-state index contributed by atoms with van der Waals surface area (Å²) in [7, 11) is 1.07. The molecule has 1 heterocycles. The first-order valence-corrected chi connectivity index (χ1v) is 9.97. The van der Waals surface area contributed by atoms with E-state index in [1.165, 1.54) is 26.2 Å². The van der Waals surface area contributed by atoms with E-state index >= 15 is 0 Å². The maximum Gasteiger partial charge on any atom is 0.387 e. The van der Waals surface area contributed by atoms with Gasteiger partial charge in [-0.05, 0) is 43.8 Å². The number of benzene rings is 1. The van der Waals surface area contributed by atoms with Gasteiger partial charge in [0.1, 0.15) is 5.76 Å². The fraction of sp³-hybridized carbons (Fsp3) is 0.444. The van der Waals surface area contributed by atoms with Crippen molar-refractivity contribution >= 4 is 10.0 Å². The first-order chi connectivity index (χ1) is 13.1. The van der Waals surface area contributed by atoms with E-state index in [9.17, 15) is 17.2 Å².